The topological polar surface area (TPSA) is 85.5 Å². The summed E-state index contributed by atoms with van der Waals surface area (Å²) in [6, 6.07) is 8.46. The number of allylic oxidation sites excluding steroid dienone is 1. The molecule has 1 aliphatic rings. The molecule has 4 rings (SSSR count). The summed E-state index contributed by atoms with van der Waals surface area (Å²) in [5.41, 5.74) is 13.6. The van der Waals surface area contributed by atoms with Crippen LogP contribution in [0.4, 0.5) is 0 Å². The van der Waals surface area contributed by atoms with Crippen LogP contribution in [0.15, 0.2) is 48.4 Å². The highest BCUT2D eigenvalue weighted by atomic mass is 15.3. The third kappa shape index (κ3) is 2.73. The molecule has 2 heterocycles. The molecule has 2 aromatic heterocycles. The van der Waals surface area contributed by atoms with E-state index in [4.69, 9.17) is 11.1 Å². The highest BCUT2D eigenvalue weighted by Gasteiger charge is 2.26. The molecule has 0 radical (unpaired) electrons. The predicted molar refractivity (Wildman–Crippen MR) is 102 cm³/mol. The van der Waals surface area contributed by atoms with Gasteiger partial charge in [0.25, 0.3) is 0 Å². The zero-order valence-electron chi connectivity index (χ0n) is 15.0. The van der Waals surface area contributed by atoms with Crippen LogP contribution in [0.2, 0.25) is 0 Å². The summed E-state index contributed by atoms with van der Waals surface area (Å²) in [6.07, 6.45) is 7.80. The van der Waals surface area contributed by atoms with Crippen LogP contribution in [-0.2, 0) is 26.9 Å². The van der Waals surface area contributed by atoms with Gasteiger partial charge in [-0.05, 0) is 35.7 Å². The molecule has 0 atom stereocenters. The Kier molecular flexibility index (Phi) is 3.95. The first-order valence-electron chi connectivity index (χ1n) is 8.69. The Hall–Kier alpha value is -3.15. The van der Waals surface area contributed by atoms with Crippen LogP contribution in [0.3, 0.4) is 0 Å². The summed E-state index contributed by atoms with van der Waals surface area (Å²) in [4.78, 5) is 0. The van der Waals surface area contributed by atoms with Gasteiger partial charge >= 0.3 is 0 Å². The SMILES string of the molecule is Cn1cc(-c2cccc(Cc3c4c(nn3C)CC/C(=C/N)C4=N)c2)cn1. The molecular weight excluding hydrogens is 324 g/mol. The van der Waals surface area contributed by atoms with Gasteiger partial charge in [0.05, 0.1) is 23.3 Å². The summed E-state index contributed by atoms with van der Waals surface area (Å²) in [7, 11) is 3.88. The Bertz CT molecular complexity index is 1020. The van der Waals surface area contributed by atoms with Crippen LogP contribution in [-0.4, -0.2) is 25.3 Å². The van der Waals surface area contributed by atoms with Crippen molar-refractivity contribution >= 4 is 5.71 Å². The number of nitrogens with two attached hydrogens (primary N) is 1. The van der Waals surface area contributed by atoms with Gasteiger partial charge in [-0.15, -0.1) is 0 Å². The molecule has 0 saturated carbocycles. The lowest BCUT2D eigenvalue weighted by molar-refractivity contribution is 0.706. The van der Waals surface area contributed by atoms with E-state index in [1.165, 1.54) is 5.56 Å². The first kappa shape index (κ1) is 16.3. The van der Waals surface area contributed by atoms with Crippen LogP contribution in [0.1, 0.15) is 28.9 Å². The standard InChI is InChI=1S/C20H22N6/c1-25-12-16(11-23-25)14-5-3-4-13(8-14)9-18-19-17(24-26(18)2)7-6-15(10-21)20(19)22/h3-5,8,10-12,22H,6-7,9,21H2,1-2H3/b15-10-,22-20?. The van der Waals surface area contributed by atoms with Crippen molar-refractivity contribution in [2.75, 3.05) is 0 Å². The fraction of sp³-hybridized carbons (Fsp3) is 0.250. The number of aromatic nitrogens is 4. The fourth-order valence-corrected chi connectivity index (χ4v) is 3.62. The van der Waals surface area contributed by atoms with Crippen LogP contribution in [0.25, 0.3) is 11.1 Å². The van der Waals surface area contributed by atoms with E-state index in [0.29, 0.717) is 5.71 Å². The normalized spacial score (nSPS) is 15.5. The minimum atomic E-state index is 0.514. The van der Waals surface area contributed by atoms with E-state index in [2.05, 4.69) is 34.5 Å². The van der Waals surface area contributed by atoms with Gasteiger partial charge in [0, 0.05) is 37.8 Å². The molecule has 6 heteroatoms. The zero-order chi connectivity index (χ0) is 18.3. The van der Waals surface area contributed by atoms with Crippen molar-refractivity contribution in [1.29, 1.82) is 5.41 Å². The maximum atomic E-state index is 8.51. The average molecular weight is 346 g/mol. The molecule has 0 bridgehead atoms. The summed E-state index contributed by atoms with van der Waals surface area (Å²) in [5.74, 6) is 0. The number of hydrogen-bond donors (Lipinski definition) is 2. The predicted octanol–water partition coefficient (Wildman–Crippen LogP) is 2.57. The average Bonchev–Trinajstić information content (AvgIpc) is 3.20. The second-order valence-electron chi connectivity index (χ2n) is 6.74. The molecular formula is C20H22N6. The number of benzene rings is 1. The van der Waals surface area contributed by atoms with Crippen LogP contribution >= 0.6 is 0 Å². The summed E-state index contributed by atoms with van der Waals surface area (Å²) in [6.45, 7) is 0. The van der Waals surface area contributed by atoms with Gasteiger partial charge in [-0.1, -0.05) is 24.3 Å². The Morgan fingerprint density at radius 3 is 2.81 bits per heavy atom. The molecule has 0 unspecified atom stereocenters. The summed E-state index contributed by atoms with van der Waals surface area (Å²) >= 11 is 0. The monoisotopic (exact) mass is 346 g/mol. The highest BCUT2D eigenvalue weighted by Crippen LogP contribution is 2.29. The fourth-order valence-electron chi connectivity index (χ4n) is 3.62. The van der Waals surface area contributed by atoms with E-state index in [1.54, 1.807) is 6.20 Å². The number of fused-ring (bicyclic) bond motifs is 1. The smallest absolute Gasteiger partial charge is 0.0724 e. The minimum absolute atomic E-state index is 0.514. The molecule has 26 heavy (non-hydrogen) atoms. The number of nitrogens with zero attached hydrogens (tertiary/aromatic N) is 4. The minimum Gasteiger partial charge on any atom is -0.404 e. The maximum absolute atomic E-state index is 8.51. The lowest BCUT2D eigenvalue weighted by Gasteiger charge is -2.16. The maximum Gasteiger partial charge on any atom is 0.0724 e. The largest absolute Gasteiger partial charge is 0.404 e. The number of hydrogen-bond acceptors (Lipinski definition) is 4. The quantitative estimate of drug-likeness (QED) is 0.764. The van der Waals surface area contributed by atoms with Gasteiger partial charge < -0.3 is 5.73 Å². The summed E-state index contributed by atoms with van der Waals surface area (Å²) < 4.78 is 3.72. The molecule has 132 valence electrons. The Morgan fingerprint density at radius 2 is 2.08 bits per heavy atom. The molecule has 3 aromatic rings. The molecule has 6 nitrogen and oxygen atoms in total. The lowest BCUT2D eigenvalue weighted by atomic mass is 9.88. The van der Waals surface area contributed by atoms with Crippen molar-refractivity contribution in [2.24, 2.45) is 19.8 Å². The van der Waals surface area contributed by atoms with Crippen molar-refractivity contribution in [1.82, 2.24) is 19.6 Å². The van der Waals surface area contributed by atoms with Gasteiger partial charge in [-0.2, -0.15) is 10.2 Å². The van der Waals surface area contributed by atoms with Gasteiger partial charge in [0.1, 0.15) is 0 Å². The second-order valence-corrected chi connectivity index (χ2v) is 6.74. The van der Waals surface area contributed by atoms with Crippen LogP contribution < -0.4 is 5.73 Å². The first-order chi connectivity index (χ1) is 12.6. The number of rotatable bonds is 3. The Morgan fingerprint density at radius 1 is 1.23 bits per heavy atom. The van der Waals surface area contributed by atoms with Crippen molar-refractivity contribution < 1.29 is 0 Å². The zero-order valence-corrected chi connectivity index (χ0v) is 15.0. The van der Waals surface area contributed by atoms with E-state index < -0.39 is 0 Å². The van der Waals surface area contributed by atoms with Crippen molar-refractivity contribution in [2.45, 2.75) is 19.3 Å². The van der Waals surface area contributed by atoms with E-state index in [1.807, 2.05) is 35.9 Å². The van der Waals surface area contributed by atoms with E-state index >= 15 is 0 Å². The highest BCUT2D eigenvalue weighted by molar-refractivity contribution is 6.13. The lowest BCUT2D eigenvalue weighted by Crippen LogP contribution is -2.16. The molecule has 1 aliphatic carbocycles. The molecule has 1 aromatic carbocycles. The van der Waals surface area contributed by atoms with Crippen molar-refractivity contribution in [3.8, 4) is 11.1 Å². The molecule has 0 saturated heterocycles. The number of aryl methyl sites for hydroxylation is 3. The van der Waals surface area contributed by atoms with Crippen LogP contribution in [0, 0.1) is 5.41 Å². The van der Waals surface area contributed by atoms with Gasteiger partial charge in [-0.3, -0.25) is 14.8 Å². The third-order valence-corrected chi connectivity index (χ3v) is 4.98. The van der Waals surface area contributed by atoms with Gasteiger partial charge in [0.15, 0.2) is 0 Å². The number of nitrogens with one attached hydrogen (secondary N) is 1. The van der Waals surface area contributed by atoms with Gasteiger partial charge in [-0.25, -0.2) is 0 Å². The van der Waals surface area contributed by atoms with Crippen molar-refractivity contribution in [3.05, 3.63) is 70.9 Å². The Balaban J connectivity index is 1.71. The second kappa shape index (κ2) is 6.29. The third-order valence-electron chi connectivity index (χ3n) is 4.98. The summed E-state index contributed by atoms with van der Waals surface area (Å²) in [5, 5.41) is 17.4. The molecule has 0 aliphatic heterocycles. The molecule has 0 amide bonds. The Labute approximate surface area is 152 Å². The van der Waals surface area contributed by atoms with Crippen molar-refractivity contribution in [3.63, 3.8) is 0 Å². The van der Waals surface area contributed by atoms with Gasteiger partial charge in [0.2, 0.25) is 0 Å². The van der Waals surface area contributed by atoms with E-state index in [-0.39, 0.29) is 0 Å². The van der Waals surface area contributed by atoms with Crippen LogP contribution in [0.5, 0.6) is 0 Å². The van der Waals surface area contributed by atoms with E-state index in [0.717, 1.165) is 52.9 Å². The molecule has 0 spiro atoms. The first-order valence-corrected chi connectivity index (χ1v) is 8.69. The molecule has 0 fully saturated rings. The molecule has 3 N–H and O–H groups in total. The van der Waals surface area contributed by atoms with E-state index in [9.17, 15) is 0 Å².